The second kappa shape index (κ2) is 8.94. The van der Waals surface area contributed by atoms with Gasteiger partial charge in [0.2, 0.25) is 0 Å². The molecule has 2 heterocycles. The zero-order valence-corrected chi connectivity index (χ0v) is 12.6. The average molecular weight is 284 g/mol. The monoisotopic (exact) mass is 284 g/mol. The predicted octanol–water partition coefficient (Wildman–Crippen LogP) is 2.64. The van der Waals surface area contributed by atoms with Crippen LogP contribution < -0.4 is 10.6 Å². The molecule has 18 heavy (non-hydrogen) atoms. The standard InChI is InChI=1S/C14H24N2S2/c1-3-7-15-13(5-1)11-17-9-10-18-12-14-6-2-4-8-16-14/h1,3,5,14-16H,2,4,6-12H2. The topological polar surface area (TPSA) is 24.1 Å². The van der Waals surface area contributed by atoms with Gasteiger partial charge in [-0.2, -0.15) is 23.5 Å². The molecule has 2 nitrogen and oxygen atoms in total. The number of piperidine rings is 1. The van der Waals surface area contributed by atoms with Crippen LogP contribution >= 0.6 is 23.5 Å². The van der Waals surface area contributed by atoms with Gasteiger partial charge in [0.25, 0.3) is 0 Å². The van der Waals surface area contributed by atoms with Gasteiger partial charge in [-0.1, -0.05) is 18.6 Å². The minimum absolute atomic E-state index is 0.779. The van der Waals surface area contributed by atoms with Gasteiger partial charge in [0.15, 0.2) is 0 Å². The molecule has 2 N–H and O–H groups in total. The van der Waals surface area contributed by atoms with E-state index in [4.69, 9.17) is 0 Å². The third kappa shape index (κ3) is 5.72. The van der Waals surface area contributed by atoms with E-state index >= 15 is 0 Å². The first-order chi connectivity index (χ1) is 8.95. The zero-order chi connectivity index (χ0) is 12.5. The maximum atomic E-state index is 3.61. The molecule has 0 saturated carbocycles. The van der Waals surface area contributed by atoms with Crippen LogP contribution in [-0.4, -0.2) is 42.1 Å². The van der Waals surface area contributed by atoms with Crippen LogP contribution in [0, 0.1) is 0 Å². The zero-order valence-electron chi connectivity index (χ0n) is 11.0. The Labute approximate surface area is 119 Å². The summed E-state index contributed by atoms with van der Waals surface area (Å²) in [4.78, 5) is 0. The average Bonchev–Trinajstić information content (AvgIpc) is 2.45. The number of dihydropyridines is 1. The molecular formula is C14H24N2S2. The van der Waals surface area contributed by atoms with Crippen molar-refractivity contribution in [2.75, 3.05) is 36.1 Å². The van der Waals surface area contributed by atoms with Crippen LogP contribution in [0.15, 0.2) is 23.9 Å². The van der Waals surface area contributed by atoms with Gasteiger partial charge in [0.1, 0.15) is 0 Å². The Kier molecular flexibility index (Phi) is 7.13. The molecule has 0 aromatic rings. The summed E-state index contributed by atoms with van der Waals surface area (Å²) in [6.07, 6.45) is 10.7. The highest BCUT2D eigenvalue weighted by molar-refractivity contribution is 8.03. The maximum absolute atomic E-state index is 3.61. The number of nitrogens with one attached hydrogen (secondary N) is 2. The number of hydrogen-bond donors (Lipinski definition) is 2. The van der Waals surface area contributed by atoms with E-state index in [0.29, 0.717) is 0 Å². The quantitative estimate of drug-likeness (QED) is 0.702. The van der Waals surface area contributed by atoms with Crippen molar-refractivity contribution in [1.29, 1.82) is 0 Å². The fraction of sp³-hybridized carbons (Fsp3) is 0.714. The van der Waals surface area contributed by atoms with Gasteiger partial charge in [0.05, 0.1) is 0 Å². The van der Waals surface area contributed by atoms with E-state index in [2.05, 4.69) is 40.6 Å². The van der Waals surface area contributed by atoms with Gasteiger partial charge >= 0.3 is 0 Å². The van der Waals surface area contributed by atoms with E-state index in [1.165, 1.54) is 48.8 Å². The smallest absolute Gasteiger partial charge is 0.0333 e. The molecule has 1 fully saturated rings. The lowest BCUT2D eigenvalue weighted by molar-refractivity contribution is 0.430. The Morgan fingerprint density at radius 3 is 2.94 bits per heavy atom. The third-order valence-corrected chi connectivity index (χ3v) is 5.64. The van der Waals surface area contributed by atoms with Crippen molar-refractivity contribution in [2.24, 2.45) is 0 Å². The van der Waals surface area contributed by atoms with Crippen LogP contribution in [0.3, 0.4) is 0 Å². The first-order valence-corrected chi connectivity index (χ1v) is 9.24. The van der Waals surface area contributed by atoms with Gasteiger partial charge in [-0.25, -0.2) is 0 Å². The molecule has 0 aromatic carbocycles. The lowest BCUT2D eigenvalue weighted by Gasteiger charge is -2.22. The molecule has 0 aromatic heterocycles. The lowest BCUT2D eigenvalue weighted by Crippen LogP contribution is -2.35. The SMILES string of the molecule is C1=CCNC(CSCCSCC2CCCCN2)=C1. The molecular weight excluding hydrogens is 260 g/mol. The second-order valence-corrected chi connectivity index (χ2v) is 7.03. The second-order valence-electron chi connectivity index (χ2n) is 4.78. The fourth-order valence-electron chi connectivity index (χ4n) is 2.19. The molecule has 0 bridgehead atoms. The molecule has 2 rings (SSSR count). The van der Waals surface area contributed by atoms with Crippen LogP contribution in [0.5, 0.6) is 0 Å². The molecule has 0 spiro atoms. The summed E-state index contributed by atoms with van der Waals surface area (Å²) in [6, 6.07) is 0.779. The van der Waals surface area contributed by atoms with Gasteiger partial charge in [-0.15, -0.1) is 0 Å². The highest BCUT2D eigenvalue weighted by Gasteiger charge is 2.11. The summed E-state index contributed by atoms with van der Waals surface area (Å²) in [7, 11) is 0. The molecule has 1 unspecified atom stereocenters. The number of hydrogen-bond acceptors (Lipinski definition) is 4. The van der Waals surface area contributed by atoms with E-state index in [1.807, 2.05) is 11.8 Å². The largest absolute Gasteiger partial charge is 0.384 e. The van der Waals surface area contributed by atoms with Crippen LogP contribution in [-0.2, 0) is 0 Å². The first-order valence-electron chi connectivity index (χ1n) is 6.93. The minimum Gasteiger partial charge on any atom is -0.384 e. The Morgan fingerprint density at radius 2 is 2.17 bits per heavy atom. The Hall–Kier alpha value is -0.0600. The summed E-state index contributed by atoms with van der Waals surface area (Å²) in [5, 5.41) is 7.01. The van der Waals surface area contributed by atoms with E-state index in [0.717, 1.165) is 18.3 Å². The minimum atomic E-state index is 0.779. The molecule has 102 valence electrons. The summed E-state index contributed by atoms with van der Waals surface area (Å²) in [5.41, 5.74) is 1.38. The van der Waals surface area contributed by atoms with Gasteiger partial charge in [0, 0.05) is 41.3 Å². The molecule has 1 atom stereocenters. The third-order valence-electron chi connectivity index (χ3n) is 3.24. The molecule has 2 aliphatic heterocycles. The van der Waals surface area contributed by atoms with Crippen molar-refractivity contribution >= 4 is 23.5 Å². The maximum Gasteiger partial charge on any atom is 0.0333 e. The van der Waals surface area contributed by atoms with Crippen molar-refractivity contribution < 1.29 is 0 Å². The van der Waals surface area contributed by atoms with Gasteiger partial charge < -0.3 is 10.6 Å². The normalized spacial score (nSPS) is 23.6. The molecule has 1 saturated heterocycles. The summed E-state index contributed by atoms with van der Waals surface area (Å²) in [5.74, 6) is 4.98. The van der Waals surface area contributed by atoms with Crippen molar-refractivity contribution in [3.05, 3.63) is 23.9 Å². The van der Waals surface area contributed by atoms with E-state index < -0.39 is 0 Å². The molecule has 0 radical (unpaired) electrons. The molecule has 0 aliphatic carbocycles. The Bertz CT molecular complexity index is 284. The van der Waals surface area contributed by atoms with Crippen molar-refractivity contribution in [2.45, 2.75) is 25.3 Å². The van der Waals surface area contributed by atoms with Crippen LogP contribution in [0.4, 0.5) is 0 Å². The Balaban J connectivity index is 1.43. The van der Waals surface area contributed by atoms with Crippen LogP contribution in [0.25, 0.3) is 0 Å². The van der Waals surface area contributed by atoms with Gasteiger partial charge in [-0.05, 0) is 25.5 Å². The number of allylic oxidation sites excluding steroid dienone is 2. The van der Waals surface area contributed by atoms with Crippen molar-refractivity contribution in [3.8, 4) is 0 Å². The van der Waals surface area contributed by atoms with Crippen LogP contribution in [0.1, 0.15) is 19.3 Å². The lowest BCUT2D eigenvalue weighted by atomic mass is 10.1. The summed E-state index contributed by atoms with van der Waals surface area (Å²) < 4.78 is 0. The van der Waals surface area contributed by atoms with Crippen LogP contribution in [0.2, 0.25) is 0 Å². The van der Waals surface area contributed by atoms with Crippen molar-refractivity contribution in [3.63, 3.8) is 0 Å². The highest BCUT2D eigenvalue weighted by Crippen LogP contribution is 2.15. The first kappa shape index (κ1) is 14.4. The number of rotatable bonds is 7. The molecule has 4 heteroatoms. The predicted molar refractivity (Wildman–Crippen MR) is 85.5 cm³/mol. The van der Waals surface area contributed by atoms with E-state index in [9.17, 15) is 0 Å². The Morgan fingerprint density at radius 1 is 1.22 bits per heavy atom. The van der Waals surface area contributed by atoms with Crippen molar-refractivity contribution in [1.82, 2.24) is 10.6 Å². The molecule has 0 amide bonds. The molecule has 2 aliphatic rings. The fourth-order valence-corrected chi connectivity index (χ4v) is 4.43. The summed E-state index contributed by atoms with van der Waals surface area (Å²) in [6.45, 7) is 2.22. The van der Waals surface area contributed by atoms with E-state index in [-0.39, 0.29) is 0 Å². The highest BCUT2D eigenvalue weighted by atomic mass is 32.2. The summed E-state index contributed by atoms with van der Waals surface area (Å²) >= 11 is 4.15. The number of thioether (sulfide) groups is 2. The van der Waals surface area contributed by atoms with E-state index in [1.54, 1.807) is 0 Å². The van der Waals surface area contributed by atoms with Gasteiger partial charge in [-0.3, -0.25) is 0 Å².